The molecule has 0 heterocycles. The van der Waals surface area contributed by atoms with Crippen LogP contribution in [0.25, 0.3) is 0 Å². The molecular weight excluding hydrogens is 745 g/mol. The molecule has 6 nitrogen and oxygen atoms in total. The summed E-state index contributed by atoms with van der Waals surface area (Å²) in [5, 5.41) is 0. The number of rotatable bonds is 48. The summed E-state index contributed by atoms with van der Waals surface area (Å²) in [6.07, 6.45) is 56.2. The second-order valence-electron chi connectivity index (χ2n) is 17.8. The number of esters is 3. The Labute approximate surface area is 373 Å². The van der Waals surface area contributed by atoms with Crippen LogP contribution in [0.15, 0.2) is 24.3 Å². The molecule has 0 fully saturated rings. The normalized spacial score (nSPS) is 12.1. The Hall–Kier alpha value is -2.11. The van der Waals surface area contributed by atoms with Gasteiger partial charge in [-0.25, -0.2) is 0 Å². The zero-order valence-electron chi connectivity index (χ0n) is 40.2. The first-order valence-corrected chi connectivity index (χ1v) is 26.3. The molecule has 1 atom stereocenters. The predicted octanol–water partition coefficient (Wildman–Crippen LogP) is 17.2. The first kappa shape index (κ1) is 57.9. The average Bonchev–Trinajstić information content (AvgIpc) is 3.24. The first-order chi connectivity index (χ1) is 29.5. The summed E-state index contributed by atoms with van der Waals surface area (Å²) < 4.78 is 16.7. The number of carbonyl (C=O) groups excluding carboxylic acids is 3. The summed E-state index contributed by atoms with van der Waals surface area (Å²) in [6, 6.07) is 0. The van der Waals surface area contributed by atoms with Crippen LogP contribution in [0.2, 0.25) is 0 Å². The third-order valence-electron chi connectivity index (χ3n) is 11.7. The molecule has 0 bridgehead atoms. The van der Waals surface area contributed by atoms with Crippen LogP contribution < -0.4 is 0 Å². The maximum Gasteiger partial charge on any atom is 0.306 e. The van der Waals surface area contributed by atoms with E-state index in [0.29, 0.717) is 19.3 Å². The van der Waals surface area contributed by atoms with Gasteiger partial charge in [0.25, 0.3) is 0 Å². The Morgan fingerprint density at radius 1 is 0.333 bits per heavy atom. The largest absolute Gasteiger partial charge is 0.462 e. The molecule has 6 heteroatoms. The lowest BCUT2D eigenvalue weighted by atomic mass is 10.0. The second kappa shape index (κ2) is 49.5. The van der Waals surface area contributed by atoms with Crippen molar-refractivity contribution in [2.45, 2.75) is 290 Å². The molecule has 0 aliphatic rings. The maximum atomic E-state index is 12.7. The minimum absolute atomic E-state index is 0.0731. The van der Waals surface area contributed by atoms with Gasteiger partial charge in [-0.2, -0.15) is 0 Å². The molecule has 0 saturated heterocycles. The number of hydrogen-bond donors (Lipinski definition) is 0. The highest BCUT2D eigenvalue weighted by Gasteiger charge is 2.19. The van der Waals surface area contributed by atoms with E-state index in [2.05, 4.69) is 45.1 Å². The van der Waals surface area contributed by atoms with Crippen LogP contribution in [-0.2, 0) is 28.6 Å². The molecule has 0 amide bonds. The quantitative estimate of drug-likeness (QED) is 0.0263. The molecule has 0 aromatic rings. The third-order valence-corrected chi connectivity index (χ3v) is 11.7. The molecule has 0 rings (SSSR count). The van der Waals surface area contributed by atoms with Crippen molar-refractivity contribution < 1.29 is 28.6 Å². The molecule has 0 aliphatic carbocycles. The summed E-state index contributed by atoms with van der Waals surface area (Å²) >= 11 is 0. The van der Waals surface area contributed by atoms with E-state index < -0.39 is 6.10 Å². The summed E-state index contributed by atoms with van der Waals surface area (Å²) in [5.74, 6) is -0.884. The van der Waals surface area contributed by atoms with Crippen molar-refractivity contribution >= 4 is 17.9 Å². The lowest BCUT2D eigenvalue weighted by Gasteiger charge is -2.18. The van der Waals surface area contributed by atoms with E-state index in [1.807, 2.05) is 0 Å². The Morgan fingerprint density at radius 3 is 0.950 bits per heavy atom. The number of carbonyl (C=O) groups is 3. The van der Waals surface area contributed by atoms with Crippen molar-refractivity contribution in [2.24, 2.45) is 0 Å². The molecule has 60 heavy (non-hydrogen) atoms. The van der Waals surface area contributed by atoms with Gasteiger partial charge in [-0.15, -0.1) is 0 Å². The average molecular weight is 845 g/mol. The fourth-order valence-electron chi connectivity index (χ4n) is 7.71. The van der Waals surface area contributed by atoms with E-state index in [0.717, 1.165) is 83.5 Å². The van der Waals surface area contributed by atoms with Crippen molar-refractivity contribution in [1.29, 1.82) is 0 Å². The van der Waals surface area contributed by atoms with Crippen LogP contribution in [0.4, 0.5) is 0 Å². The first-order valence-electron chi connectivity index (χ1n) is 26.3. The van der Waals surface area contributed by atoms with Crippen LogP contribution in [-0.4, -0.2) is 37.2 Å². The molecule has 0 aromatic carbocycles. The third kappa shape index (κ3) is 46.9. The van der Waals surface area contributed by atoms with Crippen LogP contribution in [0.1, 0.15) is 284 Å². The van der Waals surface area contributed by atoms with Gasteiger partial charge in [-0.3, -0.25) is 14.4 Å². The summed E-state index contributed by atoms with van der Waals surface area (Å²) in [6.45, 7) is 6.57. The van der Waals surface area contributed by atoms with Gasteiger partial charge in [0.05, 0.1) is 0 Å². The molecule has 0 spiro atoms. The van der Waals surface area contributed by atoms with Gasteiger partial charge >= 0.3 is 17.9 Å². The Kier molecular flexibility index (Phi) is 47.8. The molecule has 0 radical (unpaired) electrons. The van der Waals surface area contributed by atoms with Gasteiger partial charge in [-0.1, -0.05) is 238 Å². The van der Waals surface area contributed by atoms with Crippen LogP contribution in [0.5, 0.6) is 0 Å². The SMILES string of the molecule is CCCCC/C=C\C/C=C\CCCCCCCC(=O)OC(COC(=O)CCCCCCCC)COC(=O)CCCCCCCCCCCCCCCCCCCCCCC. The van der Waals surface area contributed by atoms with Gasteiger partial charge in [0, 0.05) is 19.3 Å². The highest BCUT2D eigenvalue weighted by Crippen LogP contribution is 2.16. The summed E-state index contributed by atoms with van der Waals surface area (Å²) in [7, 11) is 0. The molecule has 0 aromatic heterocycles. The van der Waals surface area contributed by atoms with Gasteiger partial charge in [0.2, 0.25) is 0 Å². The standard InChI is InChI=1S/C54H100O6/c1-4-7-10-13-16-18-20-22-24-25-26-27-28-29-31-32-34-36-38-41-44-47-53(56)59-50-51(49-58-52(55)46-43-40-15-12-9-6-3)60-54(57)48-45-42-39-37-35-33-30-23-21-19-17-14-11-8-5-2/h17,19,23,30,51H,4-16,18,20-22,24-29,31-50H2,1-3H3/b19-17-,30-23-. The molecule has 0 aliphatic heterocycles. The number of hydrogen-bond acceptors (Lipinski definition) is 6. The molecule has 0 saturated carbocycles. The Morgan fingerprint density at radius 2 is 0.600 bits per heavy atom. The molecule has 352 valence electrons. The van der Waals surface area contributed by atoms with Crippen LogP contribution >= 0.6 is 0 Å². The van der Waals surface area contributed by atoms with Gasteiger partial charge in [-0.05, 0) is 51.4 Å². The molecule has 1 unspecified atom stereocenters. The second-order valence-corrected chi connectivity index (χ2v) is 17.8. The van der Waals surface area contributed by atoms with Gasteiger partial charge < -0.3 is 14.2 Å². The van der Waals surface area contributed by atoms with Crippen LogP contribution in [0.3, 0.4) is 0 Å². The highest BCUT2D eigenvalue weighted by atomic mass is 16.6. The van der Waals surface area contributed by atoms with Crippen molar-refractivity contribution in [3.63, 3.8) is 0 Å². The summed E-state index contributed by atoms with van der Waals surface area (Å²) in [4.78, 5) is 37.7. The zero-order chi connectivity index (χ0) is 43.7. The van der Waals surface area contributed by atoms with Gasteiger partial charge in [0.1, 0.15) is 13.2 Å². The minimum Gasteiger partial charge on any atom is -0.462 e. The van der Waals surface area contributed by atoms with Crippen molar-refractivity contribution in [1.82, 2.24) is 0 Å². The number of unbranched alkanes of at least 4 members (excludes halogenated alkanes) is 33. The Balaban J connectivity index is 4.14. The van der Waals surface area contributed by atoms with E-state index >= 15 is 0 Å². The van der Waals surface area contributed by atoms with E-state index in [4.69, 9.17) is 14.2 Å². The molecular formula is C54H100O6. The zero-order valence-corrected chi connectivity index (χ0v) is 40.2. The fourth-order valence-corrected chi connectivity index (χ4v) is 7.71. The van der Waals surface area contributed by atoms with Crippen LogP contribution in [0, 0.1) is 0 Å². The number of allylic oxidation sites excluding steroid dienone is 4. The highest BCUT2D eigenvalue weighted by molar-refractivity contribution is 5.71. The van der Waals surface area contributed by atoms with Crippen molar-refractivity contribution in [3.05, 3.63) is 24.3 Å². The van der Waals surface area contributed by atoms with E-state index in [1.54, 1.807) is 0 Å². The monoisotopic (exact) mass is 845 g/mol. The minimum atomic E-state index is -0.771. The Bertz CT molecular complexity index is 973. The lowest BCUT2D eigenvalue weighted by molar-refractivity contribution is -0.167. The van der Waals surface area contributed by atoms with E-state index in [1.165, 1.54) is 161 Å². The lowest BCUT2D eigenvalue weighted by Crippen LogP contribution is -2.30. The fraction of sp³-hybridized carbons (Fsp3) is 0.870. The molecule has 0 N–H and O–H groups in total. The van der Waals surface area contributed by atoms with Crippen molar-refractivity contribution in [3.8, 4) is 0 Å². The topological polar surface area (TPSA) is 78.9 Å². The van der Waals surface area contributed by atoms with Crippen molar-refractivity contribution in [2.75, 3.05) is 13.2 Å². The van der Waals surface area contributed by atoms with Gasteiger partial charge in [0.15, 0.2) is 6.10 Å². The number of ether oxygens (including phenoxy) is 3. The predicted molar refractivity (Wildman–Crippen MR) is 256 cm³/mol. The van der Waals surface area contributed by atoms with E-state index in [9.17, 15) is 14.4 Å². The maximum absolute atomic E-state index is 12.7. The summed E-state index contributed by atoms with van der Waals surface area (Å²) in [5.41, 5.74) is 0. The van der Waals surface area contributed by atoms with E-state index in [-0.39, 0.29) is 31.1 Å². The smallest absolute Gasteiger partial charge is 0.306 e.